The predicted molar refractivity (Wildman–Crippen MR) is 109 cm³/mol. The van der Waals surface area contributed by atoms with Crippen LogP contribution in [0.3, 0.4) is 0 Å². The highest BCUT2D eigenvalue weighted by Gasteiger charge is 2.27. The molecule has 0 spiro atoms. The maximum atomic E-state index is 12.9. The van der Waals surface area contributed by atoms with Gasteiger partial charge in [-0.2, -0.15) is 4.98 Å². The number of carbonyl (C=O) groups excluding carboxylic acids is 1. The Labute approximate surface area is 169 Å². The molecule has 1 aliphatic heterocycles. The first-order valence-electron chi connectivity index (χ1n) is 9.67. The molecule has 0 aromatic carbocycles. The summed E-state index contributed by atoms with van der Waals surface area (Å²) in [6, 6.07) is 4.10. The van der Waals surface area contributed by atoms with Crippen molar-refractivity contribution in [3.05, 3.63) is 35.7 Å². The number of rotatable bonds is 4. The summed E-state index contributed by atoms with van der Waals surface area (Å²) >= 11 is 0. The Morgan fingerprint density at radius 2 is 1.90 bits per heavy atom. The molecular formula is C19H25N9O. The number of hydrogen-bond donors (Lipinski definition) is 1. The Morgan fingerprint density at radius 1 is 1.14 bits per heavy atom. The van der Waals surface area contributed by atoms with Gasteiger partial charge in [0.15, 0.2) is 0 Å². The second kappa shape index (κ2) is 7.61. The molecule has 152 valence electrons. The van der Waals surface area contributed by atoms with Crippen LogP contribution in [0.5, 0.6) is 0 Å². The lowest BCUT2D eigenvalue weighted by atomic mass is 10.0. The van der Waals surface area contributed by atoms with E-state index in [4.69, 9.17) is 0 Å². The van der Waals surface area contributed by atoms with Gasteiger partial charge >= 0.3 is 0 Å². The predicted octanol–water partition coefficient (Wildman–Crippen LogP) is 1.31. The van der Waals surface area contributed by atoms with Crippen LogP contribution in [-0.4, -0.2) is 73.6 Å². The molecule has 0 aliphatic carbocycles. The number of anilines is 2. The Bertz CT molecular complexity index is 1040. The quantitative estimate of drug-likeness (QED) is 0.705. The molecule has 1 saturated heterocycles. The third-order valence-corrected chi connectivity index (χ3v) is 5.05. The average Bonchev–Trinajstić information content (AvgIpc) is 3.12. The summed E-state index contributed by atoms with van der Waals surface area (Å²) in [5, 5.41) is 7.81. The minimum atomic E-state index is -0.150. The molecule has 0 radical (unpaired) electrons. The number of piperidine rings is 1. The van der Waals surface area contributed by atoms with Crippen LogP contribution in [0.15, 0.2) is 18.5 Å². The summed E-state index contributed by atoms with van der Waals surface area (Å²) in [5.41, 5.74) is 1.76. The molecular weight excluding hydrogens is 370 g/mol. The summed E-state index contributed by atoms with van der Waals surface area (Å²) in [4.78, 5) is 33.8. The van der Waals surface area contributed by atoms with Gasteiger partial charge in [-0.3, -0.25) is 4.79 Å². The van der Waals surface area contributed by atoms with Gasteiger partial charge in [0.25, 0.3) is 11.7 Å². The molecule has 0 saturated carbocycles. The molecule has 4 rings (SSSR count). The highest BCUT2D eigenvalue weighted by Crippen LogP contribution is 2.18. The van der Waals surface area contributed by atoms with E-state index >= 15 is 0 Å². The van der Waals surface area contributed by atoms with Crippen molar-refractivity contribution in [3.63, 3.8) is 0 Å². The Morgan fingerprint density at radius 3 is 2.62 bits per heavy atom. The van der Waals surface area contributed by atoms with E-state index in [1.54, 1.807) is 15.7 Å². The zero-order chi connectivity index (χ0) is 20.5. The van der Waals surface area contributed by atoms with E-state index in [0.717, 1.165) is 35.9 Å². The van der Waals surface area contributed by atoms with Gasteiger partial charge in [-0.05, 0) is 32.8 Å². The molecule has 1 amide bonds. The Balaban J connectivity index is 1.40. The molecule has 1 fully saturated rings. The van der Waals surface area contributed by atoms with E-state index in [1.807, 2.05) is 45.0 Å². The van der Waals surface area contributed by atoms with Crippen LogP contribution in [0, 0.1) is 13.8 Å². The van der Waals surface area contributed by atoms with Gasteiger partial charge in [-0.1, -0.05) is 0 Å². The number of carbonyl (C=O) groups is 1. The van der Waals surface area contributed by atoms with Crippen LogP contribution < -0.4 is 10.2 Å². The van der Waals surface area contributed by atoms with Crippen molar-refractivity contribution in [2.45, 2.75) is 32.7 Å². The van der Waals surface area contributed by atoms with E-state index in [2.05, 4.69) is 30.4 Å². The molecule has 3 aromatic rings. The van der Waals surface area contributed by atoms with E-state index in [0.29, 0.717) is 18.9 Å². The number of aromatic nitrogens is 6. The Hall–Kier alpha value is -3.30. The number of nitrogens with zero attached hydrogens (tertiary/aromatic N) is 8. The highest BCUT2D eigenvalue weighted by molar-refractivity contribution is 5.91. The first kappa shape index (κ1) is 19.0. The number of fused-ring (bicyclic) bond motifs is 1. The molecule has 29 heavy (non-hydrogen) atoms. The van der Waals surface area contributed by atoms with E-state index < -0.39 is 0 Å². The first-order valence-corrected chi connectivity index (χ1v) is 9.67. The van der Waals surface area contributed by atoms with Crippen LogP contribution in [0.4, 0.5) is 11.6 Å². The molecule has 1 aliphatic rings. The van der Waals surface area contributed by atoms with Crippen molar-refractivity contribution in [2.75, 3.05) is 37.4 Å². The van der Waals surface area contributed by atoms with Gasteiger partial charge in [0.2, 0.25) is 5.82 Å². The molecule has 10 heteroatoms. The van der Waals surface area contributed by atoms with Gasteiger partial charge < -0.3 is 15.1 Å². The lowest BCUT2D eigenvalue weighted by Gasteiger charge is -2.32. The molecule has 0 atom stereocenters. The minimum absolute atomic E-state index is 0.150. The van der Waals surface area contributed by atoms with Crippen molar-refractivity contribution in [2.24, 2.45) is 0 Å². The van der Waals surface area contributed by atoms with Crippen molar-refractivity contribution in [3.8, 4) is 0 Å². The van der Waals surface area contributed by atoms with E-state index in [1.165, 1.54) is 0 Å². The van der Waals surface area contributed by atoms with E-state index in [-0.39, 0.29) is 17.8 Å². The smallest absolute Gasteiger partial charge is 0.293 e. The summed E-state index contributed by atoms with van der Waals surface area (Å²) in [7, 11) is 3.89. The number of nitrogens with one attached hydrogen (secondary N) is 1. The standard InChI is InChI=1S/C19H25N9O/c1-12-9-13(2)28-19(22-12)24-17(25-28)18(29)27-7-5-14(6-8-27)23-15-10-16(26(3)4)21-11-20-15/h9-11,14H,5-8H2,1-4H3,(H,20,21,23). The van der Waals surface area contributed by atoms with Crippen LogP contribution in [0.1, 0.15) is 34.8 Å². The second-order valence-corrected chi connectivity index (χ2v) is 7.55. The number of amides is 1. The third-order valence-electron chi connectivity index (χ3n) is 5.05. The van der Waals surface area contributed by atoms with Crippen LogP contribution in [0.25, 0.3) is 5.78 Å². The van der Waals surface area contributed by atoms with Gasteiger partial charge in [0, 0.05) is 50.7 Å². The summed E-state index contributed by atoms with van der Waals surface area (Å²) in [5.74, 6) is 2.16. The largest absolute Gasteiger partial charge is 0.367 e. The molecule has 10 nitrogen and oxygen atoms in total. The lowest BCUT2D eigenvalue weighted by molar-refractivity contribution is 0.0706. The fourth-order valence-corrected chi connectivity index (χ4v) is 3.50. The fraction of sp³-hybridized carbons (Fsp3) is 0.474. The van der Waals surface area contributed by atoms with Gasteiger partial charge in [-0.25, -0.2) is 19.5 Å². The van der Waals surface area contributed by atoms with Crippen molar-refractivity contribution >= 4 is 23.3 Å². The highest BCUT2D eigenvalue weighted by atomic mass is 16.2. The zero-order valence-electron chi connectivity index (χ0n) is 17.1. The molecule has 1 N–H and O–H groups in total. The van der Waals surface area contributed by atoms with Crippen LogP contribution in [0.2, 0.25) is 0 Å². The number of likely N-dealkylation sites (tertiary alicyclic amines) is 1. The zero-order valence-corrected chi connectivity index (χ0v) is 17.1. The van der Waals surface area contributed by atoms with Gasteiger partial charge in [-0.15, -0.1) is 5.10 Å². The third kappa shape index (κ3) is 3.96. The molecule has 3 aromatic heterocycles. The minimum Gasteiger partial charge on any atom is -0.367 e. The van der Waals surface area contributed by atoms with Crippen molar-refractivity contribution < 1.29 is 4.79 Å². The summed E-state index contributed by atoms with van der Waals surface area (Å²) < 4.78 is 1.62. The topological polar surface area (TPSA) is 104 Å². The van der Waals surface area contributed by atoms with Crippen molar-refractivity contribution in [1.29, 1.82) is 0 Å². The maximum Gasteiger partial charge on any atom is 0.293 e. The number of aryl methyl sites for hydroxylation is 2. The van der Waals surface area contributed by atoms with Crippen molar-refractivity contribution in [1.82, 2.24) is 34.4 Å². The van der Waals surface area contributed by atoms with Crippen LogP contribution >= 0.6 is 0 Å². The lowest BCUT2D eigenvalue weighted by Crippen LogP contribution is -2.42. The summed E-state index contributed by atoms with van der Waals surface area (Å²) in [6.07, 6.45) is 3.22. The first-order chi connectivity index (χ1) is 13.9. The normalized spacial score (nSPS) is 15.0. The maximum absolute atomic E-state index is 12.9. The van der Waals surface area contributed by atoms with Gasteiger partial charge in [0.1, 0.15) is 18.0 Å². The second-order valence-electron chi connectivity index (χ2n) is 7.55. The number of hydrogen-bond acceptors (Lipinski definition) is 8. The van der Waals surface area contributed by atoms with Crippen LogP contribution in [-0.2, 0) is 0 Å². The molecule has 4 heterocycles. The fourth-order valence-electron chi connectivity index (χ4n) is 3.50. The SMILES string of the molecule is Cc1cc(C)n2nc(C(=O)N3CCC(Nc4cc(N(C)C)ncn4)CC3)nc2n1. The summed E-state index contributed by atoms with van der Waals surface area (Å²) in [6.45, 7) is 5.11. The molecule has 0 bridgehead atoms. The van der Waals surface area contributed by atoms with E-state index in [9.17, 15) is 4.79 Å². The average molecular weight is 395 g/mol. The monoisotopic (exact) mass is 395 g/mol. The van der Waals surface area contributed by atoms with Gasteiger partial charge in [0.05, 0.1) is 0 Å². The Kier molecular flexibility index (Phi) is 4.99. The molecule has 0 unspecified atom stereocenters.